The number of amides is 1. The van der Waals surface area contributed by atoms with E-state index in [2.05, 4.69) is 33.5 Å². The van der Waals surface area contributed by atoms with Gasteiger partial charge in [0.1, 0.15) is 23.0 Å². The Labute approximate surface area is 195 Å². The average Bonchev–Trinajstić information content (AvgIpc) is 2.95. The second-order valence-corrected chi connectivity index (χ2v) is 10.2. The molecule has 1 saturated heterocycles. The van der Waals surface area contributed by atoms with Crippen LogP contribution in [-0.4, -0.2) is 47.0 Å². The minimum atomic E-state index is -0.900. The second-order valence-electron chi connectivity index (χ2n) is 10.2. The highest BCUT2D eigenvalue weighted by Gasteiger charge is 2.37. The first kappa shape index (κ1) is 24.7. The molecule has 2 aromatic rings. The number of para-hydroxylation sites is 1. The minimum Gasteiger partial charge on any atom is -0.408 e. The molecule has 0 saturated carbocycles. The van der Waals surface area contributed by atoms with Crippen molar-refractivity contribution in [3.63, 3.8) is 0 Å². The van der Waals surface area contributed by atoms with Gasteiger partial charge in [-0.1, -0.05) is 39.8 Å². The first-order chi connectivity index (χ1) is 15.6. The van der Waals surface area contributed by atoms with E-state index < -0.39 is 17.3 Å². The monoisotopic (exact) mass is 453 g/mol. The molecule has 1 fully saturated rings. The summed E-state index contributed by atoms with van der Waals surface area (Å²) in [5.41, 5.74) is -0.670. The fourth-order valence-corrected chi connectivity index (χ4v) is 4.43. The van der Waals surface area contributed by atoms with Crippen molar-refractivity contribution < 1.29 is 9.21 Å². The van der Waals surface area contributed by atoms with E-state index in [1.807, 2.05) is 26.8 Å². The Morgan fingerprint density at radius 3 is 2.76 bits per heavy atom. The van der Waals surface area contributed by atoms with Crippen molar-refractivity contribution in [2.24, 2.45) is 5.41 Å². The lowest BCUT2D eigenvalue weighted by molar-refractivity contribution is -0.124. The number of nitriles is 1. The van der Waals surface area contributed by atoms with E-state index in [4.69, 9.17) is 4.42 Å². The minimum absolute atomic E-state index is 0.175. The first-order valence-electron chi connectivity index (χ1n) is 11.8. The predicted molar refractivity (Wildman–Crippen MR) is 129 cm³/mol. The van der Waals surface area contributed by atoms with Gasteiger partial charge in [-0.2, -0.15) is 10.2 Å². The molecule has 1 aromatic heterocycles. The number of anilines is 1. The van der Waals surface area contributed by atoms with Crippen LogP contribution in [0.5, 0.6) is 0 Å². The van der Waals surface area contributed by atoms with Gasteiger partial charge >= 0.3 is 5.76 Å². The molecule has 2 atom stereocenters. The fraction of sp³-hybridized carbons (Fsp3) is 0.600. The van der Waals surface area contributed by atoms with Crippen LogP contribution in [0.4, 0.5) is 5.82 Å². The standard InChI is InChI=1S/C25H35N5O3/c1-5-13-30-14-8-11-25(17-26,12-15-30)29-22(31)19(16-24(2,3)4)27-21-18-9-6-7-10-20(18)33-23(32)28-21/h6-7,9-10,19H,5,8,11-16H2,1-4H3,(H,29,31)(H,27,28,32)/t19-,25?/m0/s1. The summed E-state index contributed by atoms with van der Waals surface area (Å²) < 4.78 is 5.19. The zero-order valence-corrected chi connectivity index (χ0v) is 20.1. The molecule has 1 aliphatic rings. The number of benzene rings is 1. The van der Waals surface area contributed by atoms with Gasteiger partial charge in [0.05, 0.1) is 11.5 Å². The SMILES string of the molecule is CCCN1CCCC(C#N)(NC(=O)[C@H](CC(C)(C)C)Nc2nc(=O)oc3ccccc23)CC1. The molecule has 2 N–H and O–H groups in total. The van der Waals surface area contributed by atoms with Crippen molar-refractivity contribution in [2.75, 3.05) is 25.0 Å². The van der Waals surface area contributed by atoms with Crippen molar-refractivity contribution in [3.05, 3.63) is 34.8 Å². The molecule has 33 heavy (non-hydrogen) atoms. The molecule has 1 aliphatic heterocycles. The fourth-order valence-electron chi connectivity index (χ4n) is 4.43. The van der Waals surface area contributed by atoms with Crippen LogP contribution in [0.25, 0.3) is 11.0 Å². The lowest BCUT2D eigenvalue weighted by atomic mass is 9.86. The molecule has 0 spiro atoms. The number of rotatable bonds is 7. The summed E-state index contributed by atoms with van der Waals surface area (Å²) in [6, 6.07) is 8.83. The summed E-state index contributed by atoms with van der Waals surface area (Å²) in [6.07, 6.45) is 3.63. The molecule has 2 heterocycles. The maximum absolute atomic E-state index is 13.5. The van der Waals surface area contributed by atoms with E-state index in [1.54, 1.807) is 18.2 Å². The number of carbonyl (C=O) groups is 1. The third kappa shape index (κ3) is 6.55. The molecule has 8 nitrogen and oxygen atoms in total. The Hall–Kier alpha value is -2.92. The normalized spacial score (nSPS) is 20.6. The zero-order valence-electron chi connectivity index (χ0n) is 20.1. The highest BCUT2D eigenvalue weighted by atomic mass is 16.4. The van der Waals surface area contributed by atoms with Gasteiger partial charge in [-0.3, -0.25) is 4.79 Å². The maximum Gasteiger partial charge on any atom is 0.441 e. The van der Waals surface area contributed by atoms with E-state index in [9.17, 15) is 14.9 Å². The van der Waals surface area contributed by atoms with Crippen LogP contribution in [0.1, 0.15) is 59.8 Å². The maximum atomic E-state index is 13.5. The van der Waals surface area contributed by atoms with E-state index in [0.717, 1.165) is 32.5 Å². The van der Waals surface area contributed by atoms with Crippen LogP contribution < -0.4 is 16.4 Å². The number of likely N-dealkylation sites (tertiary alicyclic amines) is 1. The molecule has 3 rings (SSSR count). The van der Waals surface area contributed by atoms with Gasteiger partial charge in [0.25, 0.3) is 0 Å². The largest absolute Gasteiger partial charge is 0.441 e. The molecule has 8 heteroatoms. The summed E-state index contributed by atoms with van der Waals surface area (Å²) in [6.45, 7) is 11.0. The molecule has 0 aliphatic carbocycles. The zero-order chi connectivity index (χ0) is 24.1. The van der Waals surface area contributed by atoms with Crippen LogP contribution in [0.3, 0.4) is 0 Å². The number of hydrogen-bond donors (Lipinski definition) is 2. The van der Waals surface area contributed by atoms with Crippen LogP contribution in [0.15, 0.2) is 33.5 Å². The second kappa shape index (κ2) is 10.3. The molecule has 178 valence electrons. The number of hydrogen-bond acceptors (Lipinski definition) is 7. The van der Waals surface area contributed by atoms with E-state index in [1.165, 1.54) is 0 Å². The number of carbonyl (C=O) groups excluding carboxylic acids is 1. The first-order valence-corrected chi connectivity index (χ1v) is 11.8. The lowest BCUT2D eigenvalue weighted by Gasteiger charge is -2.32. The number of aromatic nitrogens is 1. The van der Waals surface area contributed by atoms with Crippen molar-refractivity contribution in [3.8, 4) is 6.07 Å². The Kier molecular flexibility index (Phi) is 7.75. The molecule has 0 bridgehead atoms. The molecule has 1 amide bonds. The van der Waals surface area contributed by atoms with Gasteiger partial charge in [0, 0.05) is 6.54 Å². The van der Waals surface area contributed by atoms with Crippen LogP contribution >= 0.6 is 0 Å². The quantitative estimate of drug-likeness (QED) is 0.658. The Morgan fingerprint density at radius 1 is 1.30 bits per heavy atom. The molecule has 1 aromatic carbocycles. The average molecular weight is 454 g/mol. The summed E-state index contributed by atoms with van der Waals surface area (Å²) in [4.78, 5) is 31.9. The van der Waals surface area contributed by atoms with Gasteiger partial charge in [-0.25, -0.2) is 4.79 Å². The van der Waals surface area contributed by atoms with Crippen molar-refractivity contribution in [1.82, 2.24) is 15.2 Å². The van der Waals surface area contributed by atoms with Crippen LogP contribution in [0, 0.1) is 16.7 Å². The number of fused-ring (bicyclic) bond motifs is 1. The van der Waals surface area contributed by atoms with Gasteiger partial charge in [0.15, 0.2) is 0 Å². The predicted octanol–water partition coefficient (Wildman–Crippen LogP) is 3.68. The van der Waals surface area contributed by atoms with Gasteiger partial charge in [0.2, 0.25) is 5.91 Å². The van der Waals surface area contributed by atoms with E-state index in [-0.39, 0.29) is 11.3 Å². The van der Waals surface area contributed by atoms with Gasteiger partial charge < -0.3 is 20.0 Å². The number of nitrogens with zero attached hydrogens (tertiary/aromatic N) is 3. The summed E-state index contributed by atoms with van der Waals surface area (Å²) in [5.74, 6) is -0.666. The number of nitrogens with one attached hydrogen (secondary N) is 2. The summed E-state index contributed by atoms with van der Waals surface area (Å²) >= 11 is 0. The van der Waals surface area contributed by atoms with E-state index >= 15 is 0 Å². The van der Waals surface area contributed by atoms with Crippen molar-refractivity contribution in [1.29, 1.82) is 5.26 Å². The van der Waals surface area contributed by atoms with Crippen LogP contribution in [-0.2, 0) is 4.79 Å². The van der Waals surface area contributed by atoms with Gasteiger partial charge in [-0.15, -0.1) is 0 Å². The lowest BCUT2D eigenvalue weighted by Crippen LogP contribution is -2.53. The smallest absolute Gasteiger partial charge is 0.408 e. The molecular formula is C25H35N5O3. The summed E-state index contributed by atoms with van der Waals surface area (Å²) in [7, 11) is 0. The Bertz CT molecular complexity index is 1070. The summed E-state index contributed by atoms with van der Waals surface area (Å²) in [5, 5.41) is 16.9. The van der Waals surface area contributed by atoms with Gasteiger partial charge in [-0.05, 0) is 62.7 Å². The van der Waals surface area contributed by atoms with Crippen molar-refractivity contribution in [2.45, 2.75) is 71.4 Å². The third-order valence-electron chi connectivity index (χ3n) is 6.04. The molecule has 0 radical (unpaired) electrons. The highest BCUT2D eigenvalue weighted by Crippen LogP contribution is 2.27. The molecule has 1 unspecified atom stereocenters. The Morgan fingerprint density at radius 2 is 2.06 bits per heavy atom. The topological polar surface area (TPSA) is 111 Å². The Balaban J connectivity index is 1.86. The van der Waals surface area contributed by atoms with Crippen LogP contribution in [0.2, 0.25) is 0 Å². The third-order valence-corrected chi connectivity index (χ3v) is 6.04. The van der Waals surface area contributed by atoms with Crippen molar-refractivity contribution >= 4 is 22.7 Å². The molecular weight excluding hydrogens is 418 g/mol. The highest BCUT2D eigenvalue weighted by molar-refractivity contribution is 5.91. The van der Waals surface area contributed by atoms with E-state index in [0.29, 0.717) is 36.0 Å².